The molecule has 6 nitrogen and oxygen atoms in total. The second-order valence-electron chi connectivity index (χ2n) is 4.82. The van der Waals surface area contributed by atoms with Crippen LogP contribution in [0.15, 0.2) is 58.4 Å². The largest absolute Gasteiger partial charge is 0.306 e. The van der Waals surface area contributed by atoms with Gasteiger partial charge in [0.05, 0.1) is 0 Å². The molecule has 0 atom stereocenters. The van der Waals surface area contributed by atoms with Gasteiger partial charge in [-0.15, -0.1) is 11.8 Å². The van der Waals surface area contributed by atoms with Crippen molar-refractivity contribution in [3.05, 3.63) is 64.8 Å². The van der Waals surface area contributed by atoms with E-state index in [4.69, 9.17) is 0 Å². The molecule has 0 unspecified atom stereocenters. The molecule has 0 radical (unpaired) electrons. The third kappa shape index (κ3) is 5.88. The molecule has 0 bridgehead atoms. The maximum atomic E-state index is 12.8. The Morgan fingerprint density at radius 3 is 2.46 bits per heavy atom. The van der Waals surface area contributed by atoms with Gasteiger partial charge in [0.2, 0.25) is 5.91 Å². The molecule has 0 aliphatic rings. The monoisotopic (exact) mass is 349 g/mol. The van der Waals surface area contributed by atoms with E-state index in [2.05, 4.69) is 10.9 Å². The second kappa shape index (κ2) is 8.88. The molecule has 24 heavy (non-hydrogen) atoms. The number of pyridine rings is 1. The molecule has 2 rings (SSSR count). The van der Waals surface area contributed by atoms with Crippen LogP contribution in [0.3, 0.4) is 0 Å². The van der Waals surface area contributed by atoms with Gasteiger partial charge in [0, 0.05) is 29.3 Å². The van der Waals surface area contributed by atoms with E-state index >= 15 is 0 Å². The Morgan fingerprint density at radius 1 is 1.04 bits per heavy atom. The number of hydrogen-bond acceptors (Lipinski definition) is 4. The minimum Gasteiger partial charge on any atom is -0.306 e. The Morgan fingerprint density at radius 2 is 1.75 bits per heavy atom. The number of nitrogens with one attached hydrogen (secondary N) is 2. The Kier molecular flexibility index (Phi) is 6.56. The number of halogens is 1. The molecule has 1 heterocycles. The summed E-state index contributed by atoms with van der Waals surface area (Å²) in [5.41, 5.74) is 4.25. The van der Waals surface area contributed by atoms with E-state index in [9.17, 15) is 18.8 Å². The van der Waals surface area contributed by atoms with Gasteiger partial charge in [-0.05, 0) is 30.3 Å². The summed E-state index contributed by atoms with van der Waals surface area (Å²) in [7, 11) is 0. The number of thioether (sulfide) groups is 1. The molecule has 8 heteroatoms. The molecule has 0 aliphatic carbocycles. The molecular weight excluding hydrogens is 333 g/mol. The lowest BCUT2D eigenvalue weighted by Gasteiger charge is -2.08. The zero-order chi connectivity index (χ0) is 17.4. The highest BCUT2D eigenvalue weighted by molar-refractivity contribution is 7.99. The zero-order valence-corrected chi connectivity index (χ0v) is 13.5. The van der Waals surface area contributed by atoms with Crippen LogP contribution in [0.4, 0.5) is 4.39 Å². The predicted octanol–water partition coefficient (Wildman–Crippen LogP) is 1.32. The average molecular weight is 349 g/mol. The SMILES string of the molecule is O=C(CCSc1ccc(F)cc1)NNC(=O)Cn1ccccc1=O. The molecule has 0 saturated carbocycles. The number of rotatable bonds is 6. The lowest BCUT2D eigenvalue weighted by Crippen LogP contribution is -2.44. The second-order valence-corrected chi connectivity index (χ2v) is 5.98. The topological polar surface area (TPSA) is 80.2 Å². The fourth-order valence-corrected chi connectivity index (χ4v) is 2.63. The summed E-state index contributed by atoms with van der Waals surface area (Å²) in [6.45, 7) is -0.176. The van der Waals surface area contributed by atoms with Gasteiger partial charge in [0.1, 0.15) is 12.4 Å². The summed E-state index contributed by atoms with van der Waals surface area (Å²) in [5, 5.41) is 0. The van der Waals surface area contributed by atoms with E-state index in [1.165, 1.54) is 40.7 Å². The van der Waals surface area contributed by atoms with Gasteiger partial charge in [-0.25, -0.2) is 4.39 Å². The van der Waals surface area contributed by atoms with Crippen molar-refractivity contribution in [1.29, 1.82) is 0 Å². The standard InChI is InChI=1S/C16H16FN3O3S/c17-12-4-6-13(7-5-12)24-10-8-14(21)18-19-15(22)11-20-9-2-1-3-16(20)23/h1-7,9H,8,10-11H2,(H,18,21)(H,19,22). The Bertz CT molecular complexity index is 762. The lowest BCUT2D eigenvalue weighted by atomic mass is 10.4. The summed E-state index contributed by atoms with van der Waals surface area (Å²) in [5.74, 6) is -0.663. The highest BCUT2D eigenvalue weighted by atomic mass is 32.2. The molecule has 0 aliphatic heterocycles. The number of carbonyl (C=O) groups is 2. The molecule has 2 aromatic rings. The van der Waals surface area contributed by atoms with Crippen molar-refractivity contribution in [3.63, 3.8) is 0 Å². The summed E-state index contributed by atoms with van der Waals surface area (Å²) < 4.78 is 14.0. The van der Waals surface area contributed by atoms with Crippen LogP contribution >= 0.6 is 11.8 Å². The number of hydrogen-bond donors (Lipinski definition) is 2. The Hall–Kier alpha value is -2.61. The van der Waals surface area contributed by atoms with E-state index in [0.29, 0.717) is 5.75 Å². The molecule has 1 aromatic carbocycles. The van der Waals surface area contributed by atoms with Gasteiger partial charge < -0.3 is 4.57 Å². The van der Waals surface area contributed by atoms with Crippen LogP contribution in [0.1, 0.15) is 6.42 Å². The van der Waals surface area contributed by atoms with Crippen LogP contribution in [0.2, 0.25) is 0 Å². The van der Waals surface area contributed by atoms with Crippen LogP contribution in [0.25, 0.3) is 0 Å². The van der Waals surface area contributed by atoms with Crippen molar-refractivity contribution in [2.75, 3.05) is 5.75 Å². The van der Waals surface area contributed by atoms with E-state index < -0.39 is 5.91 Å². The van der Waals surface area contributed by atoms with E-state index in [1.54, 1.807) is 24.3 Å². The molecule has 2 amide bonds. The first-order valence-electron chi connectivity index (χ1n) is 7.16. The Balaban J connectivity index is 1.67. The van der Waals surface area contributed by atoms with Crippen molar-refractivity contribution in [3.8, 4) is 0 Å². The minimum absolute atomic E-state index is 0.176. The summed E-state index contributed by atoms with van der Waals surface area (Å²) in [4.78, 5) is 35.6. The number of nitrogens with zero attached hydrogens (tertiary/aromatic N) is 1. The highest BCUT2D eigenvalue weighted by Crippen LogP contribution is 2.18. The molecule has 0 spiro atoms. The smallest absolute Gasteiger partial charge is 0.258 e. The number of aromatic nitrogens is 1. The van der Waals surface area contributed by atoms with Gasteiger partial charge in [0.15, 0.2) is 0 Å². The number of amides is 2. The van der Waals surface area contributed by atoms with Crippen LogP contribution in [-0.2, 0) is 16.1 Å². The first kappa shape index (κ1) is 17.7. The first-order chi connectivity index (χ1) is 11.5. The van der Waals surface area contributed by atoms with Gasteiger partial charge >= 0.3 is 0 Å². The fraction of sp³-hybridized carbons (Fsp3) is 0.188. The minimum atomic E-state index is -0.497. The molecule has 1 aromatic heterocycles. The third-order valence-corrected chi connectivity index (χ3v) is 3.98. The molecule has 126 valence electrons. The van der Waals surface area contributed by atoms with Crippen molar-refractivity contribution in [2.24, 2.45) is 0 Å². The van der Waals surface area contributed by atoms with Gasteiger partial charge in [-0.2, -0.15) is 0 Å². The quantitative estimate of drug-likeness (QED) is 0.609. The van der Waals surface area contributed by atoms with Gasteiger partial charge in [-0.1, -0.05) is 6.07 Å². The van der Waals surface area contributed by atoms with Crippen LogP contribution < -0.4 is 16.4 Å². The maximum Gasteiger partial charge on any atom is 0.258 e. The van der Waals surface area contributed by atoms with Crippen LogP contribution in [-0.4, -0.2) is 22.1 Å². The number of benzene rings is 1. The zero-order valence-electron chi connectivity index (χ0n) is 12.7. The van der Waals surface area contributed by atoms with Crippen LogP contribution in [0, 0.1) is 5.82 Å². The van der Waals surface area contributed by atoms with Crippen LogP contribution in [0.5, 0.6) is 0 Å². The van der Waals surface area contributed by atoms with E-state index in [1.807, 2.05) is 0 Å². The third-order valence-electron chi connectivity index (χ3n) is 2.97. The predicted molar refractivity (Wildman–Crippen MR) is 88.7 cm³/mol. The van der Waals surface area contributed by atoms with Crippen molar-refractivity contribution >= 4 is 23.6 Å². The molecule has 0 fully saturated rings. The van der Waals surface area contributed by atoms with Gasteiger partial charge in [-0.3, -0.25) is 25.2 Å². The summed E-state index contributed by atoms with van der Waals surface area (Å²) in [6, 6.07) is 10.5. The van der Waals surface area contributed by atoms with Crippen molar-refractivity contribution in [1.82, 2.24) is 15.4 Å². The maximum absolute atomic E-state index is 12.8. The van der Waals surface area contributed by atoms with E-state index in [-0.39, 0.29) is 30.2 Å². The van der Waals surface area contributed by atoms with Crippen molar-refractivity contribution < 1.29 is 14.0 Å². The van der Waals surface area contributed by atoms with E-state index in [0.717, 1.165) is 4.90 Å². The normalized spacial score (nSPS) is 10.2. The number of carbonyl (C=O) groups excluding carboxylic acids is 2. The highest BCUT2D eigenvalue weighted by Gasteiger charge is 2.06. The molecular formula is C16H16FN3O3S. The average Bonchev–Trinajstić information content (AvgIpc) is 2.57. The summed E-state index contributed by atoms with van der Waals surface area (Å²) in [6.07, 6.45) is 1.68. The number of hydrazine groups is 1. The van der Waals surface area contributed by atoms with Crippen molar-refractivity contribution in [2.45, 2.75) is 17.9 Å². The first-order valence-corrected chi connectivity index (χ1v) is 8.14. The summed E-state index contributed by atoms with van der Waals surface area (Å²) >= 11 is 1.41. The van der Waals surface area contributed by atoms with Gasteiger partial charge in [0.25, 0.3) is 11.5 Å². The Labute approximate surface area is 142 Å². The molecule has 0 saturated heterocycles. The lowest BCUT2D eigenvalue weighted by molar-refractivity contribution is -0.129. The fourth-order valence-electron chi connectivity index (χ4n) is 1.78. The molecule has 2 N–H and O–H groups in total.